The molecule has 0 atom stereocenters. The average molecular weight is 368 g/mol. The maximum atomic E-state index is 6.18. The number of ether oxygens (including phenoxy) is 2. The van der Waals surface area contributed by atoms with Crippen LogP contribution in [0, 0.1) is 6.92 Å². The normalized spacial score (nSPS) is 10.4. The van der Waals surface area contributed by atoms with Crippen molar-refractivity contribution in [2.45, 2.75) is 20.1 Å². The lowest BCUT2D eigenvalue weighted by molar-refractivity contribution is 0.303. The third-order valence-corrected chi connectivity index (χ3v) is 4.38. The fourth-order valence-electron chi connectivity index (χ4n) is 2.73. The molecule has 4 heteroatoms. The first kappa shape index (κ1) is 18.2. The van der Waals surface area contributed by atoms with Crippen LogP contribution in [0.15, 0.2) is 66.7 Å². The molecule has 0 aliphatic carbocycles. The Morgan fingerprint density at radius 1 is 0.923 bits per heavy atom. The van der Waals surface area contributed by atoms with E-state index in [9.17, 15) is 0 Å². The van der Waals surface area contributed by atoms with Crippen molar-refractivity contribution in [3.63, 3.8) is 0 Å². The van der Waals surface area contributed by atoms with E-state index < -0.39 is 0 Å². The number of para-hydroxylation sites is 1. The van der Waals surface area contributed by atoms with E-state index in [0.717, 1.165) is 22.6 Å². The molecule has 0 heterocycles. The molecule has 0 unspecified atom stereocenters. The van der Waals surface area contributed by atoms with Crippen molar-refractivity contribution in [2.24, 2.45) is 0 Å². The Hall–Kier alpha value is -2.65. The maximum Gasteiger partial charge on any atom is 0.137 e. The summed E-state index contributed by atoms with van der Waals surface area (Å²) in [6, 6.07) is 22.1. The van der Waals surface area contributed by atoms with E-state index in [1.807, 2.05) is 36.4 Å². The Morgan fingerprint density at radius 2 is 1.77 bits per heavy atom. The van der Waals surface area contributed by atoms with Crippen LogP contribution in [0.3, 0.4) is 0 Å². The fourth-order valence-corrected chi connectivity index (χ4v) is 2.99. The highest BCUT2D eigenvalue weighted by molar-refractivity contribution is 6.32. The molecule has 0 radical (unpaired) electrons. The number of hydrogen-bond acceptors (Lipinski definition) is 3. The summed E-state index contributed by atoms with van der Waals surface area (Å²) in [6.07, 6.45) is 0. The summed E-state index contributed by atoms with van der Waals surface area (Å²) in [7, 11) is 1.61. The summed E-state index contributed by atoms with van der Waals surface area (Å²) in [6.45, 7) is 3.28. The van der Waals surface area contributed by atoms with Gasteiger partial charge in [-0.05, 0) is 36.8 Å². The summed E-state index contributed by atoms with van der Waals surface area (Å²) >= 11 is 6.18. The molecule has 0 bridgehead atoms. The Balaban J connectivity index is 1.66. The van der Waals surface area contributed by atoms with E-state index in [-0.39, 0.29) is 0 Å². The van der Waals surface area contributed by atoms with Crippen molar-refractivity contribution in [1.82, 2.24) is 0 Å². The van der Waals surface area contributed by atoms with Crippen molar-refractivity contribution in [1.29, 1.82) is 0 Å². The highest BCUT2D eigenvalue weighted by Crippen LogP contribution is 2.28. The molecule has 3 nitrogen and oxygen atoms in total. The largest absolute Gasteiger partial charge is 0.495 e. The zero-order valence-electron chi connectivity index (χ0n) is 15.0. The number of anilines is 1. The van der Waals surface area contributed by atoms with Gasteiger partial charge in [0.15, 0.2) is 0 Å². The minimum Gasteiger partial charge on any atom is -0.495 e. The van der Waals surface area contributed by atoms with Crippen molar-refractivity contribution in [3.8, 4) is 11.5 Å². The van der Waals surface area contributed by atoms with Crippen LogP contribution in [0.25, 0.3) is 0 Å². The summed E-state index contributed by atoms with van der Waals surface area (Å²) in [5.74, 6) is 1.54. The Kier molecular flexibility index (Phi) is 6.03. The number of hydrogen-bond donors (Lipinski definition) is 1. The number of halogens is 1. The summed E-state index contributed by atoms with van der Waals surface area (Å²) < 4.78 is 11.2. The van der Waals surface area contributed by atoms with Gasteiger partial charge in [-0.15, -0.1) is 0 Å². The topological polar surface area (TPSA) is 30.5 Å². The van der Waals surface area contributed by atoms with Gasteiger partial charge in [0.1, 0.15) is 18.1 Å². The quantitative estimate of drug-likeness (QED) is 0.568. The van der Waals surface area contributed by atoms with Gasteiger partial charge in [-0.2, -0.15) is 0 Å². The molecule has 0 amide bonds. The molecule has 0 saturated heterocycles. The molecular weight excluding hydrogens is 346 g/mol. The van der Waals surface area contributed by atoms with Gasteiger partial charge in [-0.1, -0.05) is 59.6 Å². The van der Waals surface area contributed by atoms with Crippen LogP contribution in [-0.4, -0.2) is 7.11 Å². The van der Waals surface area contributed by atoms with E-state index >= 15 is 0 Å². The zero-order valence-corrected chi connectivity index (χ0v) is 15.7. The maximum absolute atomic E-state index is 6.18. The molecule has 0 aromatic heterocycles. The number of aryl methyl sites for hydroxylation is 1. The first-order chi connectivity index (χ1) is 12.7. The smallest absolute Gasteiger partial charge is 0.137 e. The predicted molar refractivity (Wildman–Crippen MR) is 107 cm³/mol. The summed E-state index contributed by atoms with van der Waals surface area (Å²) in [4.78, 5) is 0. The van der Waals surface area contributed by atoms with Crippen molar-refractivity contribution in [3.05, 3.63) is 88.4 Å². The molecular formula is C22H22ClNO2. The van der Waals surface area contributed by atoms with Crippen molar-refractivity contribution < 1.29 is 9.47 Å². The summed E-state index contributed by atoms with van der Waals surface area (Å²) in [5.41, 5.74) is 4.42. The predicted octanol–water partition coefficient (Wildman–Crippen LogP) is 5.85. The van der Waals surface area contributed by atoms with Crippen molar-refractivity contribution in [2.75, 3.05) is 12.4 Å². The van der Waals surface area contributed by atoms with Gasteiger partial charge in [-0.25, -0.2) is 0 Å². The van der Waals surface area contributed by atoms with Crippen LogP contribution in [0.4, 0.5) is 5.69 Å². The van der Waals surface area contributed by atoms with E-state index in [1.54, 1.807) is 7.11 Å². The fraction of sp³-hybridized carbons (Fsp3) is 0.182. The second-order valence-corrected chi connectivity index (χ2v) is 6.50. The van der Waals surface area contributed by atoms with Crippen LogP contribution in [0.1, 0.15) is 16.7 Å². The molecule has 0 saturated carbocycles. The standard InChI is InChI=1S/C22H22ClNO2/c1-16-6-5-7-17(12-16)15-26-21-9-4-3-8-18(21)14-24-19-10-11-22(25-2)20(23)13-19/h3-13,24H,14-15H2,1-2H3. The third-order valence-electron chi connectivity index (χ3n) is 4.08. The molecule has 0 spiro atoms. The molecule has 0 aliphatic rings. The average Bonchev–Trinajstić information content (AvgIpc) is 2.65. The van der Waals surface area contributed by atoms with E-state index in [2.05, 4.69) is 42.6 Å². The van der Waals surface area contributed by atoms with Gasteiger partial charge in [0, 0.05) is 17.8 Å². The molecule has 3 rings (SSSR count). The Morgan fingerprint density at radius 3 is 2.54 bits per heavy atom. The molecule has 1 N–H and O–H groups in total. The van der Waals surface area contributed by atoms with Crippen molar-refractivity contribution >= 4 is 17.3 Å². The number of methoxy groups -OCH3 is 1. The molecule has 26 heavy (non-hydrogen) atoms. The van der Waals surface area contributed by atoms with E-state index in [1.165, 1.54) is 5.56 Å². The highest BCUT2D eigenvalue weighted by Gasteiger charge is 2.06. The number of benzene rings is 3. The molecule has 3 aromatic rings. The van der Waals surface area contributed by atoms with Crippen LogP contribution >= 0.6 is 11.6 Å². The first-order valence-corrected chi connectivity index (χ1v) is 8.87. The SMILES string of the molecule is COc1ccc(NCc2ccccc2OCc2cccc(C)c2)cc1Cl. The zero-order chi connectivity index (χ0) is 18.4. The number of nitrogens with one attached hydrogen (secondary N) is 1. The van der Waals surface area contributed by atoms with Crippen LogP contribution in [0.5, 0.6) is 11.5 Å². The van der Waals surface area contributed by atoms with Crippen LogP contribution in [-0.2, 0) is 13.2 Å². The van der Waals surface area contributed by atoms with E-state index in [4.69, 9.17) is 21.1 Å². The Bertz CT molecular complexity index is 880. The van der Waals surface area contributed by atoms with Gasteiger partial charge in [0.25, 0.3) is 0 Å². The minimum absolute atomic E-state index is 0.549. The van der Waals surface area contributed by atoms with Crippen LogP contribution in [0.2, 0.25) is 5.02 Å². The number of rotatable bonds is 7. The van der Waals surface area contributed by atoms with Gasteiger partial charge in [0.05, 0.1) is 12.1 Å². The molecule has 0 aliphatic heterocycles. The van der Waals surface area contributed by atoms with E-state index in [0.29, 0.717) is 23.9 Å². The third kappa shape index (κ3) is 4.70. The second kappa shape index (κ2) is 8.63. The monoisotopic (exact) mass is 367 g/mol. The molecule has 0 fully saturated rings. The summed E-state index contributed by atoms with van der Waals surface area (Å²) in [5, 5.41) is 3.97. The lowest BCUT2D eigenvalue weighted by atomic mass is 10.1. The van der Waals surface area contributed by atoms with Gasteiger partial charge >= 0.3 is 0 Å². The van der Waals surface area contributed by atoms with Crippen LogP contribution < -0.4 is 14.8 Å². The highest BCUT2D eigenvalue weighted by atomic mass is 35.5. The first-order valence-electron chi connectivity index (χ1n) is 8.49. The Labute approximate surface area is 159 Å². The van der Waals surface area contributed by atoms with Gasteiger partial charge in [-0.3, -0.25) is 0 Å². The lowest BCUT2D eigenvalue weighted by Crippen LogP contribution is -2.04. The molecule has 134 valence electrons. The minimum atomic E-state index is 0.549. The lowest BCUT2D eigenvalue weighted by Gasteiger charge is -2.14. The second-order valence-electron chi connectivity index (χ2n) is 6.09. The van der Waals surface area contributed by atoms with Gasteiger partial charge in [0.2, 0.25) is 0 Å². The molecule has 3 aromatic carbocycles. The van der Waals surface area contributed by atoms with Gasteiger partial charge < -0.3 is 14.8 Å².